The molecule has 0 unspecified atom stereocenters. The fourth-order valence-corrected chi connectivity index (χ4v) is 3.26. The molecule has 7 heteroatoms. The molecule has 110 valence electrons. The predicted molar refractivity (Wildman–Crippen MR) is 82.7 cm³/mol. The summed E-state index contributed by atoms with van der Waals surface area (Å²) >= 11 is 0. The second kappa shape index (κ2) is 5.16. The largest absolute Gasteiger partial charge is 0.334 e. The molecule has 22 heavy (non-hydrogen) atoms. The van der Waals surface area contributed by atoms with Crippen LogP contribution in [0.15, 0.2) is 53.7 Å². The van der Waals surface area contributed by atoms with Gasteiger partial charge in [0.1, 0.15) is 6.07 Å². The Labute approximate surface area is 127 Å². The van der Waals surface area contributed by atoms with Crippen molar-refractivity contribution in [2.24, 2.45) is 7.05 Å². The van der Waals surface area contributed by atoms with Crippen molar-refractivity contribution in [3.8, 4) is 6.07 Å². The zero-order valence-corrected chi connectivity index (χ0v) is 12.5. The number of imidazole rings is 1. The monoisotopic (exact) mass is 312 g/mol. The van der Waals surface area contributed by atoms with Crippen molar-refractivity contribution >= 4 is 26.7 Å². The molecule has 0 aliphatic heterocycles. The van der Waals surface area contributed by atoms with Crippen molar-refractivity contribution in [1.82, 2.24) is 9.55 Å². The van der Waals surface area contributed by atoms with Crippen LogP contribution in [0.25, 0.3) is 11.0 Å². The summed E-state index contributed by atoms with van der Waals surface area (Å²) in [4.78, 5) is 4.25. The fraction of sp³-hybridized carbons (Fsp3) is 0.0667. The van der Waals surface area contributed by atoms with Gasteiger partial charge in [0.15, 0.2) is 0 Å². The molecule has 1 aromatic heterocycles. The Hall–Kier alpha value is -2.85. The molecule has 0 spiro atoms. The van der Waals surface area contributed by atoms with Gasteiger partial charge in [0, 0.05) is 7.05 Å². The van der Waals surface area contributed by atoms with Gasteiger partial charge in [0.05, 0.1) is 33.5 Å². The van der Waals surface area contributed by atoms with Crippen molar-refractivity contribution in [1.29, 1.82) is 5.26 Å². The first-order valence-electron chi connectivity index (χ1n) is 6.44. The first-order valence-corrected chi connectivity index (χ1v) is 7.92. The molecule has 0 saturated heterocycles. The number of aromatic nitrogens is 2. The third-order valence-corrected chi connectivity index (χ3v) is 4.66. The third-order valence-electron chi connectivity index (χ3n) is 3.30. The van der Waals surface area contributed by atoms with Gasteiger partial charge in [0.2, 0.25) is 0 Å². The number of para-hydroxylation sites is 1. The number of benzene rings is 2. The molecule has 3 aromatic rings. The Morgan fingerprint density at radius 1 is 1.23 bits per heavy atom. The van der Waals surface area contributed by atoms with Crippen molar-refractivity contribution in [3.05, 3.63) is 54.4 Å². The number of anilines is 1. The first-order chi connectivity index (χ1) is 10.5. The Bertz CT molecular complexity index is 1000. The summed E-state index contributed by atoms with van der Waals surface area (Å²) in [5.74, 6) is 0. The van der Waals surface area contributed by atoms with Crippen molar-refractivity contribution in [3.63, 3.8) is 0 Å². The summed E-state index contributed by atoms with van der Waals surface area (Å²) in [6, 6.07) is 13.1. The molecule has 0 saturated carbocycles. The highest BCUT2D eigenvalue weighted by Crippen LogP contribution is 2.22. The number of sulfonamides is 1. The average molecular weight is 312 g/mol. The maximum Gasteiger partial charge on any atom is 0.262 e. The molecule has 1 N–H and O–H groups in total. The molecule has 0 bridgehead atoms. The zero-order valence-electron chi connectivity index (χ0n) is 11.7. The molecule has 0 aliphatic rings. The molecule has 0 radical (unpaired) electrons. The fourth-order valence-electron chi connectivity index (χ4n) is 2.16. The van der Waals surface area contributed by atoms with Crippen molar-refractivity contribution in [2.45, 2.75) is 4.90 Å². The van der Waals surface area contributed by atoms with E-state index in [-0.39, 0.29) is 16.1 Å². The van der Waals surface area contributed by atoms with Crippen LogP contribution in [-0.2, 0) is 17.1 Å². The maximum absolute atomic E-state index is 12.5. The number of nitriles is 1. The molecule has 6 nitrogen and oxygen atoms in total. The summed E-state index contributed by atoms with van der Waals surface area (Å²) in [7, 11) is -1.94. The van der Waals surface area contributed by atoms with Crippen LogP contribution in [0, 0.1) is 11.3 Å². The van der Waals surface area contributed by atoms with E-state index in [9.17, 15) is 8.42 Å². The molecule has 1 heterocycles. The second-order valence-electron chi connectivity index (χ2n) is 4.77. The zero-order chi connectivity index (χ0) is 15.7. The van der Waals surface area contributed by atoms with E-state index in [4.69, 9.17) is 5.26 Å². The smallest absolute Gasteiger partial charge is 0.262 e. The highest BCUT2D eigenvalue weighted by molar-refractivity contribution is 7.92. The lowest BCUT2D eigenvalue weighted by molar-refractivity contribution is 0.601. The van der Waals surface area contributed by atoms with E-state index >= 15 is 0 Å². The lowest BCUT2D eigenvalue weighted by Gasteiger charge is -2.09. The minimum atomic E-state index is -3.78. The molecular weight excluding hydrogens is 300 g/mol. The number of nitrogens with one attached hydrogen (secondary N) is 1. The molecule has 0 aliphatic carbocycles. The van der Waals surface area contributed by atoms with Crippen LogP contribution in [0.5, 0.6) is 0 Å². The molecule has 0 atom stereocenters. The maximum atomic E-state index is 12.5. The van der Waals surface area contributed by atoms with Gasteiger partial charge in [-0.05, 0) is 30.3 Å². The number of nitrogens with zero attached hydrogens (tertiary/aromatic N) is 3. The van der Waals surface area contributed by atoms with E-state index in [0.717, 1.165) is 5.52 Å². The highest BCUT2D eigenvalue weighted by atomic mass is 32.2. The van der Waals surface area contributed by atoms with E-state index < -0.39 is 10.0 Å². The normalized spacial score (nSPS) is 11.3. The van der Waals surface area contributed by atoms with Gasteiger partial charge < -0.3 is 4.57 Å². The number of hydrogen-bond donors (Lipinski definition) is 1. The topological polar surface area (TPSA) is 87.8 Å². The average Bonchev–Trinajstić information content (AvgIpc) is 2.88. The highest BCUT2D eigenvalue weighted by Gasteiger charge is 2.17. The Kier molecular flexibility index (Phi) is 3.31. The van der Waals surface area contributed by atoms with Gasteiger partial charge in [0.25, 0.3) is 10.0 Å². The van der Waals surface area contributed by atoms with Crippen LogP contribution >= 0.6 is 0 Å². The van der Waals surface area contributed by atoms with E-state index in [2.05, 4.69) is 9.71 Å². The van der Waals surface area contributed by atoms with Crippen molar-refractivity contribution in [2.75, 3.05) is 4.72 Å². The molecular formula is C15H12N4O2S. The Balaban J connectivity index is 2.03. The number of fused-ring (bicyclic) bond motifs is 1. The van der Waals surface area contributed by atoms with Crippen LogP contribution in [0.3, 0.4) is 0 Å². The Morgan fingerprint density at radius 3 is 2.77 bits per heavy atom. The molecule has 0 amide bonds. The van der Waals surface area contributed by atoms with Crippen LogP contribution in [-0.4, -0.2) is 18.0 Å². The number of rotatable bonds is 3. The van der Waals surface area contributed by atoms with Gasteiger partial charge in [-0.3, -0.25) is 4.72 Å². The van der Waals surface area contributed by atoms with Gasteiger partial charge in [-0.1, -0.05) is 12.1 Å². The summed E-state index contributed by atoms with van der Waals surface area (Å²) in [5.41, 5.74) is 1.96. The van der Waals surface area contributed by atoms with E-state index in [1.807, 2.05) is 17.7 Å². The number of hydrogen-bond acceptors (Lipinski definition) is 4. The second-order valence-corrected chi connectivity index (χ2v) is 6.45. The minimum Gasteiger partial charge on any atom is -0.334 e. The van der Waals surface area contributed by atoms with Gasteiger partial charge >= 0.3 is 0 Å². The quantitative estimate of drug-likeness (QED) is 0.803. The van der Waals surface area contributed by atoms with E-state index in [1.165, 1.54) is 12.1 Å². The van der Waals surface area contributed by atoms with Crippen molar-refractivity contribution < 1.29 is 8.42 Å². The predicted octanol–water partition coefficient (Wildman–Crippen LogP) is 2.25. The lowest BCUT2D eigenvalue weighted by Crippen LogP contribution is -2.13. The number of aryl methyl sites for hydroxylation is 1. The van der Waals surface area contributed by atoms with Crippen LogP contribution in [0.4, 0.5) is 5.69 Å². The minimum absolute atomic E-state index is 0.103. The molecule has 2 aromatic carbocycles. The van der Waals surface area contributed by atoms with Crippen LogP contribution < -0.4 is 4.72 Å². The third kappa shape index (κ3) is 2.40. The Morgan fingerprint density at radius 2 is 2.00 bits per heavy atom. The first kappa shape index (κ1) is 14.1. The van der Waals surface area contributed by atoms with E-state index in [1.54, 1.807) is 36.7 Å². The standard InChI is InChI=1S/C15H12N4O2S/c1-19-10-17-14-8-12(6-7-15(14)19)22(20,21)18-13-5-3-2-4-11(13)9-16/h2-8,10,18H,1H3. The van der Waals surface area contributed by atoms with Crippen LogP contribution in [0.2, 0.25) is 0 Å². The van der Waals surface area contributed by atoms with Gasteiger partial charge in [-0.25, -0.2) is 13.4 Å². The summed E-state index contributed by atoms with van der Waals surface area (Å²) in [5, 5.41) is 9.03. The van der Waals surface area contributed by atoms with E-state index in [0.29, 0.717) is 5.52 Å². The van der Waals surface area contributed by atoms with Gasteiger partial charge in [-0.2, -0.15) is 5.26 Å². The SMILES string of the molecule is Cn1cnc2cc(S(=O)(=O)Nc3ccccc3C#N)ccc21. The summed E-state index contributed by atoms with van der Waals surface area (Å²) < 4.78 is 29.2. The lowest BCUT2D eigenvalue weighted by atomic mass is 10.2. The summed E-state index contributed by atoms with van der Waals surface area (Å²) in [6.45, 7) is 0. The van der Waals surface area contributed by atoms with Gasteiger partial charge in [-0.15, -0.1) is 0 Å². The molecule has 0 fully saturated rings. The molecule has 3 rings (SSSR count). The summed E-state index contributed by atoms with van der Waals surface area (Å²) in [6.07, 6.45) is 1.62. The van der Waals surface area contributed by atoms with Crippen LogP contribution in [0.1, 0.15) is 5.56 Å².